The number of hydrogen-bond donors (Lipinski definition) is 1. The van der Waals surface area contributed by atoms with Gasteiger partial charge in [-0.3, -0.25) is 0 Å². The third-order valence-electron chi connectivity index (χ3n) is 1.81. The van der Waals surface area contributed by atoms with Gasteiger partial charge in [0.1, 0.15) is 5.15 Å². The maximum atomic E-state index is 5.76. The van der Waals surface area contributed by atoms with Gasteiger partial charge < -0.3 is 10.3 Å². The number of rotatable bonds is 2. The highest BCUT2D eigenvalue weighted by Gasteiger charge is 2.15. The molecule has 2 heterocycles. The lowest BCUT2D eigenvalue weighted by atomic mass is 10.4. The second-order valence-electron chi connectivity index (χ2n) is 2.67. The highest BCUT2D eigenvalue weighted by molar-refractivity contribution is 6.29. The van der Waals surface area contributed by atoms with Crippen molar-refractivity contribution in [1.82, 2.24) is 19.9 Å². The topological polar surface area (TPSA) is 82.8 Å². The van der Waals surface area contributed by atoms with Crippen molar-refractivity contribution < 1.29 is 4.63 Å². The van der Waals surface area contributed by atoms with Crippen LogP contribution in [0.25, 0.3) is 11.5 Å². The van der Waals surface area contributed by atoms with Gasteiger partial charge in [0.25, 0.3) is 0 Å². The summed E-state index contributed by atoms with van der Waals surface area (Å²) in [6.45, 7) is 2.69. The van der Waals surface area contributed by atoms with Crippen molar-refractivity contribution in [3.05, 3.63) is 11.3 Å². The Morgan fingerprint density at radius 1 is 1.57 bits per heavy atom. The lowest BCUT2D eigenvalue weighted by Gasteiger charge is -1.99. The van der Waals surface area contributed by atoms with Gasteiger partial charge in [-0.15, -0.1) is 0 Å². The predicted molar refractivity (Wildman–Crippen MR) is 50.6 cm³/mol. The van der Waals surface area contributed by atoms with Gasteiger partial charge in [0.15, 0.2) is 17.3 Å². The molecule has 2 rings (SSSR count). The molecule has 2 aromatic heterocycles. The summed E-state index contributed by atoms with van der Waals surface area (Å²) in [6.07, 6.45) is 1.70. The first kappa shape index (κ1) is 9.01. The average Bonchev–Trinajstić information content (AvgIpc) is 2.71. The summed E-state index contributed by atoms with van der Waals surface area (Å²) in [6, 6.07) is 0. The Morgan fingerprint density at radius 3 is 2.93 bits per heavy atom. The van der Waals surface area contributed by atoms with Gasteiger partial charge in [-0.05, 0) is 17.2 Å². The summed E-state index contributed by atoms with van der Waals surface area (Å²) in [5.74, 6) is 0.776. The van der Waals surface area contributed by atoms with E-state index >= 15 is 0 Å². The third kappa shape index (κ3) is 1.33. The summed E-state index contributed by atoms with van der Waals surface area (Å²) >= 11 is 5.76. The van der Waals surface area contributed by atoms with E-state index < -0.39 is 0 Å². The molecule has 0 aliphatic carbocycles. The van der Waals surface area contributed by atoms with Gasteiger partial charge in [-0.25, -0.2) is 9.61 Å². The number of halogens is 1. The average molecular weight is 214 g/mol. The molecule has 2 aromatic rings. The van der Waals surface area contributed by atoms with Crippen LogP contribution in [0.5, 0.6) is 0 Å². The summed E-state index contributed by atoms with van der Waals surface area (Å²) in [4.78, 5) is 4.07. The maximum Gasteiger partial charge on any atom is 0.199 e. The molecule has 2 N–H and O–H groups in total. The lowest BCUT2D eigenvalue weighted by molar-refractivity contribution is 0.310. The zero-order chi connectivity index (χ0) is 10.1. The number of aryl methyl sites for hydroxylation is 1. The van der Waals surface area contributed by atoms with Crippen LogP contribution in [0.2, 0.25) is 5.15 Å². The van der Waals surface area contributed by atoms with Crippen molar-refractivity contribution in [3.8, 4) is 11.5 Å². The van der Waals surface area contributed by atoms with Crippen molar-refractivity contribution >= 4 is 17.4 Å². The quantitative estimate of drug-likeness (QED) is 0.810. The molecule has 0 saturated carbocycles. The van der Waals surface area contributed by atoms with Crippen LogP contribution in [0, 0.1) is 0 Å². The number of anilines is 1. The number of aromatic nitrogens is 4. The predicted octanol–water partition coefficient (Wildman–Crippen LogP) is 1.19. The van der Waals surface area contributed by atoms with Crippen LogP contribution in [0.3, 0.4) is 0 Å². The molecule has 0 aliphatic heterocycles. The highest BCUT2D eigenvalue weighted by atomic mass is 35.5. The van der Waals surface area contributed by atoms with E-state index in [1.165, 1.54) is 0 Å². The fourth-order valence-corrected chi connectivity index (χ4v) is 1.36. The van der Waals surface area contributed by atoms with Crippen LogP contribution in [0.15, 0.2) is 10.8 Å². The second kappa shape index (κ2) is 3.30. The Morgan fingerprint density at radius 2 is 2.36 bits per heavy atom. The van der Waals surface area contributed by atoms with E-state index in [0.29, 0.717) is 16.7 Å². The molecule has 0 unspecified atom stereocenters. The third-order valence-corrected chi connectivity index (χ3v) is 2.00. The van der Waals surface area contributed by atoms with E-state index in [1.54, 1.807) is 6.20 Å². The SMILES string of the molecule is CCn1cc(Cl)nc1-c1nonc1N. The fraction of sp³-hybridized carbons (Fsp3) is 0.286. The first-order valence-corrected chi connectivity index (χ1v) is 4.41. The Bertz CT molecular complexity index is 449. The van der Waals surface area contributed by atoms with Crippen LogP contribution in [0.1, 0.15) is 6.92 Å². The molecular weight excluding hydrogens is 206 g/mol. The molecule has 6 nitrogen and oxygen atoms in total. The fourth-order valence-electron chi connectivity index (χ4n) is 1.16. The number of nitrogens with two attached hydrogens (primary N) is 1. The van der Waals surface area contributed by atoms with Gasteiger partial charge >= 0.3 is 0 Å². The molecule has 0 aliphatic rings. The Kier molecular flexibility index (Phi) is 2.12. The first-order valence-electron chi connectivity index (χ1n) is 4.03. The van der Waals surface area contributed by atoms with E-state index in [4.69, 9.17) is 17.3 Å². The normalized spacial score (nSPS) is 10.7. The zero-order valence-electron chi connectivity index (χ0n) is 7.44. The van der Waals surface area contributed by atoms with Crippen molar-refractivity contribution in [2.24, 2.45) is 0 Å². The molecule has 0 radical (unpaired) electrons. The molecule has 0 bridgehead atoms. The highest BCUT2D eigenvalue weighted by Crippen LogP contribution is 2.22. The lowest BCUT2D eigenvalue weighted by Crippen LogP contribution is -1.98. The maximum absolute atomic E-state index is 5.76. The van der Waals surface area contributed by atoms with Crippen LogP contribution < -0.4 is 5.73 Å². The number of nitrogens with zero attached hydrogens (tertiary/aromatic N) is 4. The van der Waals surface area contributed by atoms with E-state index in [0.717, 1.165) is 6.54 Å². The number of hydrogen-bond acceptors (Lipinski definition) is 5. The molecule has 0 spiro atoms. The van der Waals surface area contributed by atoms with Crippen molar-refractivity contribution in [1.29, 1.82) is 0 Å². The first-order chi connectivity index (χ1) is 6.72. The van der Waals surface area contributed by atoms with Crippen LogP contribution in [-0.2, 0) is 6.54 Å². The zero-order valence-corrected chi connectivity index (χ0v) is 8.19. The van der Waals surface area contributed by atoms with Gasteiger partial charge in [0.05, 0.1) is 0 Å². The van der Waals surface area contributed by atoms with Crippen molar-refractivity contribution in [2.75, 3.05) is 5.73 Å². The molecule has 14 heavy (non-hydrogen) atoms. The van der Waals surface area contributed by atoms with E-state index in [2.05, 4.69) is 19.9 Å². The molecule has 0 saturated heterocycles. The van der Waals surface area contributed by atoms with Crippen LogP contribution in [0.4, 0.5) is 5.82 Å². The van der Waals surface area contributed by atoms with Crippen molar-refractivity contribution in [3.63, 3.8) is 0 Å². The standard InChI is InChI=1S/C7H8ClN5O/c1-2-13-3-4(8)10-7(13)5-6(9)12-14-11-5/h3H,2H2,1H3,(H2,9,12). The Labute approximate surface area is 84.6 Å². The van der Waals surface area contributed by atoms with Crippen LogP contribution >= 0.6 is 11.6 Å². The van der Waals surface area contributed by atoms with E-state index in [-0.39, 0.29) is 5.82 Å². The number of imidazole rings is 1. The second-order valence-corrected chi connectivity index (χ2v) is 3.06. The van der Waals surface area contributed by atoms with Crippen molar-refractivity contribution in [2.45, 2.75) is 13.5 Å². The summed E-state index contributed by atoms with van der Waals surface area (Å²) in [7, 11) is 0. The molecular formula is C7H8ClN5O. The molecule has 7 heteroatoms. The van der Waals surface area contributed by atoms with Gasteiger partial charge in [0.2, 0.25) is 0 Å². The van der Waals surface area contributed by atoms with Gasteiger partial charge in [-0.1, -0.05) is 11.6 Å². The summed E-state index contributed by atoms with van der Waals surface area (Å²) in [5, 5.41) is 7.52. The molecule has 0 aromatic carbocycles. The molecule has 0 atom stereocenters. The van der Waals surface area contributed by atoms with E-state index in [1.807, 2.05) is 11.5 Å². The smallest absolute Gasteiger partial charge is 0.199 e. The Balaban J connectivity index is 2.55. The minimum Gasteiger partial charge on any atom is -0.379 e. The van der Waals surface area contributed by atoms with E-state index in [9.17, 15) is 0 Å². The minimum atomic E-state index is 0.210. The minimum absolute atomic E-state index is 0.210. The monoisotopic (exact) mass is 213 g/mol. The molecule has 0 fully saturated rings. The summed E-state index contributed by atoms with van der Waals surface area (Å²) < 4.78 is 6.30. The van der Waals surface area contributed by atoms with Gasteiger partial charge in [-0.2, -0.15) is 0 Å². The summed E-state index contributed by atoms with van der Waals surface area (Å²) in [5.41, 5.74) is 5.96. The van der Waals surface area contributed by atoms with Crippen LogP contribution in [-0.4, -0.2) is 19.9 Å². The largest absolute Gasteiger partial charge is 0.379 e. The molecule has 74 valence electrons. The number of nitrogen functional groups attached to an aromatic ring is 1. The Hall–Kier alpha value is -1.56. The molecule has 0 amide bonds. The van der Waals surface area contributed by atoms with Gasteiger partial charge in [0, 0.05) is 12.7 Å².